The molecule has 1 aliphatic heterocycles. The molecule has 1 N–H and O–H groups in total. The van der Waals surface area contributed by atoms with Gasteiger partial charge in [-0.25, -0.2) is 9.50 Å². The molecule has 0 atom stereocenters. The van der Waals surface area contributed by atoms with Gasteiger partial charge in [-0.2, -0.15) is 5.10 Å². The van der Waals surface area contributed by atoms with Crippen LogP contribution in [0.25, 0.3) is 27.8 Å². The predicted octanol–water partition coefficient (Wildman–Crippen LogP) is 4.27. The maximum absolute atomic E-state index is 12.4. The summed E-state index contributed by atoms with van der Waals surface area (Å²) in [5, 5.41) is 5.63. The number of nitrogens with zero attached hydrogens (tertiary/aromatic N) is 5. The van der Waals surface area contributed by atoms with Crippen LogP contribution in [-0.4, -0.2) is 69.0 Å². The van der Waals surface area contributed by atoms with Crippen molar-refractivity contribution in [2.75, 3.05) is 33.7 Å². The van der Waals surface area contributed by atoms with Crippen molar-refractivity contribution < 1.29 is 4.79 Å². The zero-order chi connectivity index (χ0) is 23.1. The van der Waals surface area contributed by atoms with Crippen LogP contribution >= 0.6 is 0 Å². The minimum absolute atomic E-state index is 0.231. The van der Waals surface area contributed by atoms with Gasteiger partial charge in [-0.15, -0.1) is 0 Å². The van der Waals surface area contributed by atoms with Crippen molar-refractivity contribution in [3.8, 4) is 11.3 Å². The Bertz CT molecular complexity index is 1290. The molecule has 3 aromatic heterocycles. The Balaban J connectivity index is 1.44. The summed E-state index contributed by atoms with van der Waals surface area (Å²) in [7, 11) is 3.89. The highest BCUT2D eigenvalue weighted by Gasteiger charge is 2.25. The number of rotatable bonds is 5. The number of benzene rings is 1. The van der Waals surface area contributed by atoms with Gasteiger partial charge in [0, 0.05) is 48.0 Å². The van der Waals surface area contributed by atoms with Gasteiger partial charge in [0.1, 0.15) is 0 Å². The number of likely N-dealkylation sites (N-methyl/N-ethyl adjacent to an activating group) is 1. The van der Waals surface area contributed by atoms with Crippen LogP contribution in [0, 0.1) is 0 Å². The van der Waals surface area contributed by atoms with Gasteiger partial charge in [-0.1, -0.05) is 19.9 Å². The van der Waals surface area contributed by atoms with E-state index in [1.807, 2.05) is 46.9 Å². The Hall–Kier alpha value is -3.19. The van der Waals surface area contributed by atoms with Crippen LogP contribution in [0.15, 0.2) is 42.9 Å². The molecule has 0 bridgehead atoms. The maximum atomic E-state index is 12.4. The number of hydrogen-bond acceptors (Lipinski definition) is 4. The highest BCUT2D eigenvalue weighted by molar-refractivity contribution is 5.92. The Morgan fingerprint density at radius 3 is 2.73 bits per heavy atom. The topological polar surface area (TPSA) is 69.5 Å². The van der Waals surface area contributed by atoms with Crippen LogP contribution in [0.3, 0.4) is 0 Å². The van der Waals surface area contributed by atoms with Gasteiger partial charge in [0.25, 0.3) is 0 Å². The van der Waals surface area contributed by atoms with E-state index in [-0.39, 0.29) is 5.91 Å². The van der Waals surface area contributed by atoms with Crippen molar-refractivity contribution in [3.63, 3.8) is 0 Å². The molecule has 4 aromatic rings. The Morgan fingerprint density at radius 1 is 1.21 bits per heavy atom. The van der Waals surface area contributed by atoms with Crippen molar-refractivity contribution in [1.82, 2.24) is 29.4 Å². The summed E-state index contributed by atoms with van der Waals surface area (Å²) in [6, 6.07) is 8.74. The predicted molar refractivity (Wildman–Crippen MR) is 131 cm³/mol. The Kier molecular flexibility index (Phi) is 5.66. The monoisotopic (exact) mass is 444 g/mol. The van der Waals surface area contributed by atoms with Crippen molar-refractivity contribution >= 4 is 22.5 Å². The van der Waals surface area contributed by atoms with E-state index in [2.05, 4.69) is 47.1 Å². The number of hydrogen-bond donors (Lipinski definition) is 1. The molecule has 4 heterocycles. The molecule has 0 radical (unpaired) electrons. The van der Waals surface area contributed by atoms with E-state index in [0.29, 0.717) is 18.4 Å². The van der Waals surface area contributed by atoms with Gasteiger partial charge in [0.05, 0.1) is 18.4 Å². The third kappa shape index (κ3) is 4.13. The van der Waals surface area contributed by atoms with Crippen molar-refractivity contribution in [2.24, 2.45) is 0 Å². The van der Waals surface area contributed by atoms with Crippen LogP contribution in [0.4, 0.5) is 0 Å². The normalized spacial score (nSPS) is 15.4. The molecular weight excluding hydrogens is 412 g/mol. The number of aromatic nitrogens is 4. The summed E-state index contributed by atoms with van der Waals surface area (Å²) in [4.78, 5) is 24.6. The van der Waals surface area contributed by atoms with E-state index >= 15 is 0 Å². The lowest BCUT2D eigenvalue weighted by atomic mass is 9.87. The van der Waals surface area contributed by atoms with Crippen molar-refractivity contribution in [2.45, 2.75) is 38.5 Å². The fourth-order valence-electron chi connectivity index (χ4n) is 5.08. The molecule has 1 fully saturated rings. The molecule has 1 aliphatic rings. The second-order valence-corrected chi connectivity index (χ2v) is 9.74. The lowest BCUT2D eigenvalue weighted by Crippen LogP contribution is -2.42. The molecule has 5 rings (SSSR count). The molecule has 33 heavy (non-hydrogen) atoms. The van der Waals surface area contributed by atoms with Gasteiger partial charge in [-0.3, -0.25) is 4.79 Å². The molecule has 0 aliphatic carbocycles. The number of aromatic amines is 1. The molecule has 172 valence electrons. The first kappa shape index (κ1) is 21.6. The number of fused-ring (bicyclic) bond motifs is 2. The van der Waals surface area contributed by atoms with Crippen LogP contribution in [0.2, 0.25) is 0 Å². The fourth-order valence-corrected chi connectivity index (χ4v) is 5.08. The van der Waals surface area contributed by atoms with E-state index in [0.717, 1.165) is 48.4 Å². The molecule has 7 heteroatoms. The largest absolute Gasteiger partial charge is 0.354 e. The summed E-state index contributed by atoms with van der Waals surface area (Å²) in [6.07, 6.45) is 7.76. The number of amides is 1. The summed E-state index contributed by atoms with van der Waals surface area (Å²) < 4.78 is 1.82. The average molecular weight is 445 g/mol. The highest BCUT2D eigenvalue weighted by atomic mass is 16.2. The number of carbonyl (C=O) groups excluding carboxylic acids is 1. The van der Waals surface area contributed by atoms with Crippen molar-refractivity contribution in [1.29, 1.82) is 0 Å². The van der Waals surface area contributed by atoms with E-state index in [9.17, 15) is 4.79 Å². The quantitative estimate of drug-likeness (QED) is 0.499. The zero-order valence-electron chi connectivity index (χ0n) is 19.9. The maximum Gasteiger partial charge on any atom is 0.236 e. The van der Waals surface area contributed by atoms with E-state index in [1.165, 1.54) is 16.5 Å². The van der Waals surface area contributed by atoms with E-state index in [4.69, 9.17) is 0 Å². The first-order chi connectivity index (χ1) is 15.9. The standard InChI is InChI=1S/C26H32N6O/c1-17(2)25-21-13-19(18-8-11-31(12-9-18)24(33)16-30(3)4)5-6-22(21)29-26(25)20-14-27-23-7-10-28-32(23)15-20/h5-7,10,13-15,17-18,29H,8-9,11-12,16H2,1-4H3. The molecule has 0 unspecified atom stereocenters. The van der Waals surface area contributed by atoms with Crippen LogP contribution < -0.4 is 0 Å². The summed E-state index contributed by atoms with van der Waals surface area (Å²) in [6.45, 7) is 6.64. The third-order valence-corrected chi connectivity index (χ3v) is 6.75. The van der Waals surface area contributed by atoms with Gasteiger partial charge >= 0.3 is 0 Å². The van der Waals surface area contributed by atoms with E-state index < -0.39 is 0 Å². The molecular formula is C26H32N6O. The summed E-state index contributed by atoms with van der Waals surface area (Å²) in [5.41, 5.74) is 6.84. The Morgan fingerprint density at radius 2 is 2.00 bits per heavy atom. The molecule has 0 saturated carbocycles. The lowest BCUT2D eigenvalue weighted by molar-refractivity contribution is -0.132. The van der Waals surface area contributed by atoms with Gasteiger partial charge < -0.3 is 14.8 Å². The van der Waals surface area contributed by atoms with Crippen LogP contribution in [-0.2, 0) is 4.79 Å². The number of H-pyrrole nitrogens is 1. The average Bonchev–Trinajstić information content (AvgIpc) is 3.42. The van der Waals surface area contributed by atoms with Gasteiger partial charge in [0.15, 0.2) is 5.65 Å². The van der Waals surface area contributed by atoms with Crippen LogP contribution in [0.5, 0.6) is 0 Å². The lowest BCUT2D eigenvalue weighted by Gasteiger charge is -2.33. The second-order valence-electron chi connectivity index (χ2n) is 9.74. The minimum Gasteiger partial charge on any atom is -0.354 e. The SMILES string of the molecule is CC(C)c1c(-c2cnc3ccnn3c2)[nH]c2ccc(C3CCN(C(=O)CN(C)C)CC3)cc12. The van der Waals surface area contributed by atoms with Crippen molar-refractivity contribution in [3.05, 3.63) is 54.0 Å². The summed E-state index contributed by atoms with van der Waals surface area (Å²) in [5.74, 6) is 1.08. The van der Waals surface area contributed by atoms with Gasteiger partial charge in [-0.05, 0) is 62.0 Å². The zero-order valence-corrected chi connectivity index (χ0v) is 19.9. The summed E-state index contributed by atoms with van der Waals surface area (Å²) >= 11 is 0. The second kappa shape index (κ2) is 8.63. The van der Waals surface area contributed by atoms with E-state index in [1.54, 1.807) is 6.20 Å². The molecule has 7 nitrogen and oxygen atoms in total. The molecule has 1 amide bonds. The first-order valence-corrected chi connectivity index (χ1v) is 11.8. The number of carbonyl (C=O) groups is 1. The molecule has 1 aromatic carbocycles. The molecule has 0 spiro atoms. The smallest absolute Gasteiger partial charge is 0.236 e. The first-order valence-electron chi connectivity index (χ1n) is 11.8. The molecule has 1 saturated heterocycles. The van der Waals surface area contributed by atoms with Crippen LogP contribution in [0.1, 0.15) is 49.7 Å². The Labute approximate surface area is 194 Å². The number of nitrogens with one attached hydrogen (secondary N) is 1. The number of likely N-dealkylation sites (tertiary alicyclic amines) is 1. The highest BCUT2D eigenvalue weighted by Crippen LogP contribution is 2.38. The fraction of sp³-hybridized carbons (Fsp3) is 0.423. The third-order valence-electron chi connectivity index (χ3n) is 6.75. The number of piperidine rings is 1. The van der Waals surface area contributed by atoms with Gasteiger partial charge in [0.2, 0.25) is 5.91 Å². The minimum atomic E-state index is 0.231.